The topological polar surface area (TPSA) is 155 Å². The van der Waals surface area contributed by atoms with Crippen molar-refractivity contribution < 1.29 is 33.4 Å². The average molecular weight is 779 g/mol. The Morgan fingerprint density at radius 1 is 0.724 bits per heavy atom. The van der Waals surface area contributed by atoms with Gasteiger partial charge in [-0.05, 0) is 73.2 Å². The maximum atomic E-state index is 13.1. The predicted octanol–water partition coefficient (Wildman–Crippen LogP) is 6.76. The van der Waals surface area contributed by atoms with Crippen molar-refractivity contribution in [3.63, 3.8) is 0 Å². The molecule has 13 heteroatoms. The number of nitrogens with zero attached hydrogens (tertiary/aromatic N) is 5. The summed E-state index contributed by atoms with van der Waals surface area (Å²) in [6.45, 7) is 0.476. The van der Waals surface area contributed by atoms with Gasteiger partial charge in [0, 0.05) is 85.1 Å². The summed E-state index contributed by atoms with van der Waals surface area (Å²) in [7, 11) is 2.08. The van der Waals surface area contributed by atoms with E-state index in [1.807, 2.05) is 43.0 Å². The average Bonchev–Trinajstić information content (AvgIpc) is 3.65. The SMILES string of the molecule is Cn1c2ccncc2c2ccc(-c3ccc(O[C@H]4C[C@H](Oc5ccc(CCCCCCOc6ccc7c(c6)C(=O)N(C6CCC(=O)NC6=O)C7=O)cn5)C4)nc3)cc21. The molecule has 13 nitrogen and oxygen atoms in total. The molecule has 1 saturated heterocycles. The number of aryl methyl sites for hydroxylation is 2. The number of unbranched alkanes of at least 4 members (excludes halogenated alkanes) is 3. The fourth-order valence-electron chi connectivity index (χ4n) is 8.05. The zero-order chi connectivity index (χ0) is 39.8. The van der Waals surface area contributed by atoms with Crippen LogP contribution in [0, 0.1) is 0 Å². The second-order valence-corrected chi connectivity index (χ2v) is 15.2. The van der Waals surface area contributed by atoms with Crippen LogP contribution in [0.3, 0.4) is 0 Å². The first-order valence-corrected chi connectivity index (χ1v) is 19.8. The summed E-state index contributed by atoms with van der Waals surface area (Å²) in [4.78, 5) is 64.2. The molecule has 0 radical (unpaired) electrons. The number of piperidine rings is 1. The van der Waals surface area contributed by atoms with Crippen LogP contribution >= 0.6 is 0 Å². The first-order chi connectivity index (χ1) is 28.3. The van der Waals surface area contributed by atoms with E-state index in [4.69, 9.17) is 14.2 Å². The number of rotatable bonds is 14. The Bertz CT molecular complexity index is 2550. The van der Waals surface area contributed by atoms with E-state index in [0.29, 0.717) is 24.1 Å². The van der Waals surface area contributed by atoms with E-state index in [1.54, 1.807) is 18.2 Å². The molecule has 2 fully saturated rings. The Morgan fingerprint density at radius 3 is 2.24 bits per heavy atom. The molecule has 2 aliphatic heterocycles. The number of benzene rings is 2. The van der Waals surface area contributed by atoms with Gasteiger partial charge in [-0.15, -0.1) is 0 Å². The Balaban J connectivity index is 0.664. The molecule has 1 aliphatic carbocycles. The molecule has 1 saturated carbocycles. The van der Waals surface area contributed by atoms with Gasteiger partial charge in [0.05, 0.1) is 23.3 Å². The number of carbonyl (C=O) groups is 4. The fourth-order valence-corrected chi connectivity index (χ4v) is 8.05. The molecule has 294 valence electrons. The number of fused-ring (bicyclic) bond motifs is 4. The number of aromatic nitrogens is 4. The number of hydrogen-bond donors (Lipinski definition) is 1. The first kappa shape index (κ1) is 37.0. The second-order valence-electron chi connectivity index (χ2n) is 15.2. The van der Waals surface area contributed by atoms with Crippen molar-refractivity contribution in [1.82, 2.24) is 29.7 Å². The standard InChI is InChI=1S/C45H42N6O7/c1-50-37-17-18-46-26-36(37)33-11-8-28(20-39(33)50)29-9-16-42(48-25-29)58-32-21-31(22-32)57-41-15-7-27(24-47-41)6-4-2-3-5-19-56-30-10-12-34-35(23-30)45(55)51(44(34)54)38-13-14-40(52)49-43(38)53/h7-12,15-18,20,23-26,31-32,38H,2-6,13-14,19,21-22H2,1H3,(H,49,52,53)/t31-,32-,38?. The number of amides is 4. The van der Waals surface area contributed by atoms with E-state index < -0.39 is 29.7 Å². The Hall–Kier alpha value is -6.63. The molecule has 1 unspecified atom stereocenters. The number of pyridine rings is 3. The van der Waals surface area contributed by atoms with Gasteiger partial charge in [0.1, 0.15) is 24.0 Å². The van der Waals surface area contributed by atoms with E-state index in [9.17, 15) is 19.2 Å². The third-order valence-electron chi connectivity index (χ3n) is 11.3. The predicted molar refractivity (Wildman–Crippen MR) is 215 cm³/mol. The second kappa shape index (κ2) is 15.7. The van der Waals surface area contributed by atoms with Gasteiger partial charge >= 0.3 is 0 Å². The molecule has 4 amide bonds. The number of carbonyl (C=O) groups excluding carboxylic acids is 4. The van der Waals surface area contributed by atoms with Crippen molar-refractivity contribution in [1.29, 1.82) is 0 Å². The van der Waals surface area contributed by atoms with Crippen molar-refractivity contribution in [3.8, 4) is 28.6 Å². The van der Waals surface area contributed by atoms with Crippen LogP contribution in [0.15, 0.2) is 91.5 Å². The number of ether oxygens (including phenoxy) is 3. The van der Waals surface area contributed by atoms with E-state index >= 15 is 0 Å². The lowest BCUT2D eigenvalue weighted by atomic mass is 9.92. The van der Waals surface area contributed by atoms with Gasteiger partial charge in [0.2, 0.25) is 23.6 Å². The molecule has 3 aliphatic rings. The van der Waals surface area contributed by atoms with Crippen LogP contribution in [0.2, 0.25) is 0 Å². The molecule has 1 N–H and O–H groups in total. The van der Waals surface area contributed by atoms with Crippen molar-refractivity contribution in [2.24, 2.45) is 7.05 Å². The minimum Gasteiger partial charge on any atom is -0.494 e. The molecule has 1 atom stereocenters. The monoisotopic (exact) mass is 778 g/mol. The maximum Gasteiger partial charge on any atom is 0.262 e. The van der Waals surface area contributed by atoms with Gasteiger partial charge in [0.15, 0.2) is 0 Å². The highest BCUT2D eigenvalue weighted by Crippen LogP contribution is 2.34. The minimum atomic E-state index is -0.989. The van der Waals surface area contributed by atoms with E-state index in [0.717, 1.165) is 83.0 Å². The lowest BCUT2D eigenvalue weighted by Gasteiger charge is -2.34. The zero-order valence-electron chi connectivity index (χ0n) is 32.1. The zero-order valence-corrected chi connectivity index (χ0v) is 32.1. The summed E-state index contributed by atoms with van der Waals surface area (Å²) in [5.74, 6) is -0.383. The summed E-state index contributed by atoms with van der Waals surface area (Å²) in [5.41, 5.74) is 6.05. The molecule has 58 heavy (non-hydrogen) atoms. The number of hydrogen-bond acceptors (Lipinski definition) is 10. The maximum absolute atomic E-state index is 13.1. The summed E-state index contributed by atoms with van der Waals surface area (Å²) < 4.78 is 20.3. The number of imide groups is 2. The Labute approximate surface area is 334 Å². The van der Waals surface area contributed by atoms with Gasteiger partial charge in [-0.1, -0.05) is 31.0 Å². The third kappa shape index (κ3) is 7.35. The highest BCUT2D eigenvalue weighted by atomic mass is 16.5. The molecular formula is C45H42N6O7. The smallest absolute Gasteiger partial charge is 0.262 e. The molecule has 6 aromatic rings. The van der Waals surface area contributed by atoms with Crippen molar-refractivity contribution in [3.05, 3.63) is 108 Å². The van der Waals surface area contributed by atoms with Crippen LogP contribution in [0.1, 0.15) is 77.6 Å². The van der Waals surface area contributed by atoms with E-state index in [2.05, 4.69) is 62.2 Å². The molecule has 0 bridgehead atoms. The minimum absolute atomic E-state index is 0.0508. The van der Waals surface area contributed by atoms with Crippen LogP contribution in [-0.4, -0.2) is 72.9 Å². The Kier molecular flexibility index (Phi) is 10.0. The molecule has 9 rings (SSSR count). The van der Waals surface area contributed by atoms with Crippen LogP contribution in [0.25, 0.3) is 32.9 Å². The Morgan fingerprint density at radius 2 is 1.48 bits per heavy atom. The van der Waals surface area contributed by atoms with E-state index in [1.165, 1.54) is 5.39 Å². The normalized spacial score (nSPS) is 19.0. The lowest BCUT2D eigenvalue weighted by molar-refractivity contribution is -0.136. The summed E-state index contributed by atoms with van der Waals surface area (Å²) >= 11 is 0. The highest BCUT2D eigenvalue weighted by molar-refractivity contribution is 6.23. The summed E-state index contributed by atoms with van der Waals surface area (Å²) in [6, 6.07) is 20.3. The van der Waals surface area contributed by atoms with Crippen LogP contribution in [0.5, 0.6) is 17.5 Å². The van der Waals surface area contributed by atoms with Crippen LogP contribution < -0.4 is 19.5 Å². The van der Waals surface area contributed by atoms with Crippen LogP contribution in [0.4, 0.5) is 0 Å². The quantitative estimate of drug-likeness (QED) is 0.0927. The molecule has 6 heterocycles. The van der Waals surface area contributed by atoms with Gasteiger partial charge in [-0.2, -0.15) is 0 Å². The van der Waals surface area contributed by atoms with Gasteiger partial charge in [0.25, 0.3) is 11.8 Å². The summed E-state index contributed by atoms with van der Waals surface area (Å²) in [6.07, 6.45) is 14.1. The molecule has 2 aromatic carbocycles. The van der Waals surface area contributed by atoms with Crippen molar-refractivity contribution in [2.75, 3.05) is 6.61 Å². The van der Waals surface area contributed by atoms with Gasteiger partial charge in [-0.3, -0.25) is 34.4 Å². The largest absolute Gasteiger partial charge is 0.494 e. The number of nitrogens with one attached hydrogen (secondary N) is 1. The lowest BCUT2D eigenvalue weighted by Crippen LogP contribution is -2.54. The molecular weight excluding hydrogens is 737 g/mol. The van der Waals surface area contributed by atoms with Crippen molar-refractivity contribution in [2.45, 2.75) is 76.0 Å². The third-order valence-corrected chi connectivity index (χ3v) is 11.3. The molecule has 4 aromatic heterocycles. The molecule has 0 spiro atoms. The van der Waals surface area contributed by atoms with Crippen molar-refractivity contribution >= 4 is 45.4 Å². The van der Waals surface area contributed by atoms with Gasteiger partial charge < -0.3 is 18.8 Å². The van der Waals surface area contributed by atoms with Crippen LogP contribution in [-0.2, 0) is 23.1 Å². The van der Waals surface area contributed by atoms with Gasteiger partial charge in [-0.25, -0.2) is 9.97 Å². The van der Waals surface area contributed by atoms with E-state index in [-0.39, 0.29) is 36.2 Å². The fraction of sp³-hybridized carbons (Fsp3) is 0.311. The highest BCUT2D eigenvalue weighted by Gasteiger charge is 2.44. The first-order valence-electron chi connectivity index (χ1n) is 19.8. The summed E-state index contributed by atoms with van der Waals surface area (Å²) in [5, 5.41) is 4.54.